The summed E-state index contributed by atoms with van der Waals surface area (Å²) >= 11 is 0. The molecule has 0 bridgehead atoms. The van der Waals surface area contributed by atoms with E-state index in [4.69, 9.17) is 17.3 Å². The number of ether oxygens (including phenoxy) is 2. The van der Waals surface area contributed by atoms with Crippen molar-refractivity contribution in [2.45, 2.75) is 58.6 Å². The molecule has 1 N–H and O–H groups in total. The van der Waals surface area contributed by atoms with Gasteiger partial charge in [-0.05, 0) is 56.0 Å². The van der Waals surface area contributed by atoms with Gasteiger partial charge >= 0.3 is 5.97 Å². The molecule has 0 atom stereocenters. The maximum absolute atomic E-state index is 15.0. The summed E-state index contributed by atoms with van der Waals surface area (Å²) in [6.07, 6.45) is 0.711. The van der Waals surface area contributed by atoms with Crippen LogP contribution in [0.5, 0.6) is 11.5 Å². The van der Waals surface area contributed by atoms with Gasteiger partial charge in [0.05, 0.1) is 2.74 Å². The summed E-state index contributed by atoms with van der Waals surface area (Å²) < 4.78 is 57.1. The van der Waals surface area contributed by atoms with Gasteiger partial charge in [0.25, 0.3) is 0 Å². The molecule has 2 aromatic carbocycles. The zero-order chi connectivity index (χ0) is 22.3. The Bertz CT molecular complexity index is 990. The van der Waals surface area contributed by atoms with Crippen LogP contribution < -0.4 is 9.47 Å². The molecule has 0 unspecified atom stereocenters. The second-order valence-corrected chi connectivity index (χ2v) is 7.45. The summed E-state index contributed by atoms with van der Waals surface area (Å²) in [5, 5.41) is 8.87. The van der Waals surface area contributed by atoms with Crippen molar-refractivity contribution < 1.29 is 30.9 Å². The molecule has 3 rings (SSSR count). The molecule has 0 radical (unpaired) electrons. The SMILES string of the molecule is [2H]C([2H])(Oc1ccc(CCC(=O)O)c(CC)c1F)c1cc(F)cc2c1OC(C)(C)C2. The van der Waals surface area contributed by atoms with Crippen molar-refractivity contribution in [3.8, 4) is 11.5 Å². The number of carboxylic acid groups (broad SMARTS) is 1. The van der Waals surface area contributed by atoms with Gasteiger partial charge in [-0.15, -0.1) is 0 Å². The van der Waals surface area contributed by atoms with E-state index in [1.165, 1.54) is 18.2 Å². The summed E-state index contributed by atoms with van der Waals surface area (Å²) in [5.74, 6) is -2.49. The number of hydrogen-bond acceptors (Lipinski definition) is 3. The maximum atomic E-state index is 15.0. The van der Waals surface area contributed by atoms with Crippen LogP contribution in [-0.4, -0.2) is 16.7 Å². The van der Waals surface area contributed by atoms with Crippen LogP contribution in [0.25, 0.3) is 0 Å². The smallest absolute Gasteiger partial charge is 0.303 e. The van der Waals surface area contributed by atoms with Crippen molar-refractivity contribution in [1.82, 2.24) is 0 Å². The molecule has 1 aliphatic heterocycles. The fourth-order valence-corrected chi connectivity index (χ4v) is 3.44. The molecule has 150 valence electrons. The van der Waals surface area contributed by atoms with Crippen LogP contribution in [0.1, 0.15) is 52.2 Å². The molecular weight excluding hydrogens is 366 g/mol. The third kappa shape index (κ3) is 4.26. The van der Waals surface area contributed by atoms with Crippen molar-refractivity contribution >= 4 is 5.97 Å². The number of fused-ring (bicyclic) bond motifs is 1. The minimum Gasteiger partial charge on any atom is -0.487 e. The van der Waals surface area contributed by atoms with E-state index >= 15 is 4.39 Å². The Balaban J connectivity index is 1.96. The highest BCUT2D eigenvalue weighted by Gasteiger charge is 2.32. The summed E-state index contributed by atoms with van der Waals surface area (Å²) in [4.78, 5) is 10.8. The Labute approximate surface area is 165 Å². The summed E-state index contributed by atoms with van der Waals surface area (Å²) in [7, 11) is 0. The molecule has 0 spiro atoms. The lowest BCUT2D eigenvalue weighted by molar-refractivity contribution is -0.136. The van der Waals surface area contributed by atoms with Crippen LogP contribution in [0.4, 0.5) is 8.78 Å². The number of carboxylic acids is 1. The molecule has 6 heteroatoms. The summed E-state index contributed by atoms with van der Waals surface area (Å²) in [6, 6.07) is 5.11. The predicted molar refractivity (Wildman–Crippen MR) is 101 cm³/mol. The minimum atomic E-state index is -2.55. The van der Waals surface area contributed by atoms with Gasteiger partial charge < -0.3 is 14.6 Å². The molecule has 0 saturated carbocycles. The van der Waals surface area contributed by atoms with Gasteiger partial charge in [0.2, 0.25) is 0 Å². The van der Waals surface area contributed by atoms with Crippen molar-refractivity contribution in [2.24, 2.45) is 0 Å². The van der Waals surface area contributed by atoms with Gasteiger partial charge in [-0.2, -0.15) is 0 Å². The Morgan fingerprint density at radius 2 is 2.07 bits per heavy atom. The van der Waals surface area contributed by atoms with Crippen LogP contribution in [0.3, 0.4) is 0 Å². The Morgan fingerprint density at radius 1 is 1.32 bits per heavy atom. The Hall–Kier alpha value is -2.63. The molecule has 4 nitrogen and oxygen atoms in total. The third-order valence-corrected chi connectivity index (χ3v) is 4.66. The average Bonchev–Trinajstić information content (AvgIpc) is 2.94. The number of hydrogen-bond donors (Lipinski definition) is 1. The normalized spacial score (nSPS) is 16.0. The van der Waals surface area contributed by atoms with Crippen LogP contribution in [0, 0.1) is 11.6 Å². The zero-order valence-corrected chi connectivity index (χ0v) is 16.1. The number of rotatable bonds is 7. The van der Waals surface area contributed by atoms with E-state index in [9.17, 15) is 9.18 Å². The number of aryl methyl sites for hydroxylation is 1. The average molecular weight is 392 g/mol. The van der Waals surface area contributed by atoms with Crippen LogP contribution in [0.15, 0.2) is 24.3 Å². The van der Waals surface area contributed by atoms with E-state index in [-0.39, 0.29) is 41.9 Å². The van der Waals surface area contributed by atoms with E-state index in [0.29, 0.717) is 17.5 Å². The van der Waals surface area contributed by atoms with Crippen LogP contribution >= 0.6 is 0 Å². The number of halogens is 2. The minimum absolute atomic E-state index is 0.143. The van der Waals surface area contributed by atoms with Gasteiger partial charge in [-0.3, -0.25) is 4.79 Å². The van der Waals surface area contributed by atoms with E-state index in [1.54, 1.807) is 6.92 Å². The fraction of sp³-hybridized carbons (Fsp3) is 0.409. The first-order chi connectivity index (χ1) is 13.9. The van der Waals surface area contributed by atoms with Crippen molar-refractivity contribution in [2.75, 3.05) is 0 Å². The van der Waals surface area contributed by atoms with Gasteiger partial charge in [-0.1, -0.05) is 13.0 Å². The molecular formula is C22H24F2O4. The summed E-state index contributed by atoms with van der Waals surface area (Å²) in [5.41, 5.74) is 0.568. The van der Waals surface area contributed by atoms with Crippen molar-refractivity contribution in [1.29, 1.82) is 0 Å². The molecule has 0 amide bonds. The van der Waals surface area contributed by atoms with Crippen molar-refractivity contribution in [3.05, 3.63) is 58.2 Å². The lowest BCUT2D eigenvalue weighted by Gasteiger charge is -2.18. The first-order valence-electron chi connectivity index (χ1n) is 10.2. The van der Waals surface area contributed by atoms with E-state index < -0.39 is 29.8 Å². The fourth-order valence-electron chi connectivity index (χ4n) is 3.44. The zero-order valence-electron chi connectivity index (χ0n) is 18.1. The lowest BCUT2D eigenvalue weighted by atomic mass is 9.99. The monoisotopic (exact) mass is 392 g/mol. The molecule has 0 aliphatic carbocycles. The molecule has 1 heterocycles. The van der Waals surface area contributed by atoms with E-state index in [1.807, 2.05) is 13.8 Å². The number of carbonyl (C=O) groups is 1. The van der Waals surface area contributed by atoms with E-state index in [0.717, 1.165) is 6.07 Å². The van der Waals surface area contributed by atoms with Gasteiger partial charge in [0.15, 0.2) is 11.6 Å². The first-order valence-corrected chi connectivity index (χ1v) is 9.16. The molecule has 0 saturated heterocycles. The van der Waals surface area contributed by atoms with Crippen LogP contribution in [-0.2, 0) is 30.6 Å². The second kappa shape index (κ2) is 7.78. The van der Waals surface area contributed by atoms with Crippen LogP contribution in [0.2, 0.25) is 0 Å². The highest BCUT2D eigenvalue weighted by atomic mass is 19.1. The number of benzene rings is 2. The van der Waals surface area contributed by atoms with E-state index in [2.05, 4.69) is 0 Å². The quantitative estimate of drug-likeness (QED) is 0.733. The Kier molecular flexibility index (Phi) is 4.85. The van der Waals surface area contributed by atoms with Gasteiger partial charge in [0, 0.05) is 24.0 Å². The first kappa shape index (κ1) is 17.5. The standard InChI is InChI=1S/C22H24F2O4/c1-4-17-13(6-8-19(25)26)5-7-18(20(17)24)27-12-15-10-16(23)9-14-11-22(2,3)28-21(14)15/h5,7,9-10H,4,6,8,11-12H2,1-3H3,(H,25,26)/i12D2. The lowest BCUT2D eigenvalue weighted by Crippen LogP contribution is -2.25. The number of aliphatic carboxylic acids is 1. The second-order valence-electron chi connectivity index (χ2n) is 7.45. The molecule has 0 fully saturated rings. The molecule has 0 aromatic heterocycles. The summed E-state index contributed by atoms with van der Waals surface area (Å²) in [6.45, 7) is 2.79. The highest BCUT2D eigenvalue weighted by molar-refractivity contribution is 5.67. The predicted octanol–water partition coefficient (Wildman–Crippen LogP) is 4.84. The topological polar surface area (TPSA) is 55.8 Å². The van der Waals surface area contributed by atoms with Gasteiger partial charge in [0.1, 0.15) is 23.7 Å². The largest absolute Gasteiger partial charge is 0.487 e. The molecule has 28 heavy (non-hydrogen) atoms. The molecule has 2 aromatic rings. The maximum Gasteiger partial charge on any atom is 0.303 e. The third-order valence-electron chi connectivity index (χ3n) is 4.66. The molecule has 1 aliphatic rings. The Morgan fingerprint density at radius 3 is 2.75 bits per heavy atom. The highest BCUT2D eigenvalue weighted by Crippen LogP contribution is 2.39. The van der Waals surface area contributed by atoms with Gasteiger partial charge in [-0.25, -0.2) is 8.78 Å². The van der Waals surface area contributed by atoms with Crippen molar-refractivity contribution in [3.63, 3.8) is 0 Å².